The Bertz CT molecular complexity index is 1240. The molecule has 1 saturated heterocycles. The van der Waals surface area contributed by atoms with Gasteiger partial charge in [0.05, 0.1) is 34.7 Å². The third kappa shape index (κ3) is 4.24. The first-order valence-corrected chi connectivity index (χ1v) is 11.9. The lowest BCUT2D eigenvalue weighted by Crippen LogP contribution is -2.38. The van der Waals surface area contributed by atoms with Crippen molar-refractivity contribution in [3.05, 3.63) is 42.1 Å². The molecule has 2 unspecified atom stereocenters. The maximum absolute atomic E-state index is 13.0. The predicted octanol–water partition coefficient (Wildman–Crippen LogP) is 4.74. The summed E-state index contributed by atoms with van der Waals surface area (Å²) in [5, 5.41) is 9.16. The normalized spacial score (nSPS) is 26.8. The molecule has 35 heavy (non-hydrogen) atoms. The minimum Gasteiger partial charge on any atom is -0.481 e. The molecular weight excluding hydrogens is 461 g/mol. The molecule has 1 aromatic carbocycles. The first kappa shape index (κ1) is 22.3. The van der Waals surface area contributed by atoms with Crippen molar-refractivity contribution in [2.45, 2.75) is 44.1 Å². The zero-order valence-corrected chi connectivity index (χ0v) is 18.8. The molecular formula is C25H25F3N4O3. The van der Waals surface area contributed by atoms with Crippen molar-refractivity contribution < 1.29 is 27.8 Å². The zero-order valence-electron chi connectivity index (χ0n) is 18.8. The van der Waals surface area contributed by atoms with Crippen LogP contribution in [0, 0.1) is 17.8 Å². The number of carboxylic acid groups (broad SMARTS) is 1. The van der Waals surface area contributed by atoms with E-state index in [-0.39, 0.29) is 18.1 Å². The third-order valence-electron chi connectivity index (χ3n) is 7.67. The number of hydrogen-bond acceptors (Lipinski definition) is 5. The van der Waals surface area contributed by atoms with Crippen LogP contribution in [0.1, 0.15) is 31.2 Å². The number of ether oxygens (including phenoxy) is 1. The summed E-state index contributed by atoms with van der Waals surface area (Å²) < 4.78 is 45.2. The number of aliphatic carboxylic acids is 1. The standard InChI is InChI=1S/C25H25F3N4O3/c26-25(27,28)14-2-3-19-20(9-14)31-23(30-19)13-1-4-21(29-12-13)32-7-5-15(6-8-32)35-16-10-17-18(11-16)22(17)24(33)34/h1-4,9,12,15-18,22H,5-8,10-11H2,(H,30,31)(H,33,34). The van der Waals surface area contributed by atoms with Gasteiger partial charge >= 0.3 is 12.1 Å². The molecule has 1 aliphatic heterocycles. The van der Waals surface area contributed by atoms with Gasteiger partial charge in [0.25, 0.3) is 0 Å². The smallest absolute Gasteiger partial charge is 0.416 e. The number of hydrogen-bond donors (Lipinski definition) is 2. The number of carbonyl (C=O) groups is 1. The van der Waals surface area contributed by atoms with Crippen LogP contribution in [0.4, 0.5) is 19.0 Å². The summed E-state index contributed by atoms with van der Waals surface area (Å²) in [7, 11) is 0. The molecule has 3 heterocycles. The maximum Gasteiger partial charge on any atom is 0.416 e. The van der Waals surface area contributed by atoms with Crippen LogP contribution < -0.4 is 4.90 Å². The van der Waals surface area contributed by atoms with Gasteiger partial charge in [-0.2, -0.15) is 13.2 Å². The lowest BCUT2D eigenvalue weighted by molar-refractivity contribution is -0.140. The van der Waals surface area contributed by atoms with Crippen molar-refractivity contribution in [3.8, 4) is 11.4 Å². The highest BCUT2D eigenvalue weighted by Gasteiger charge is 2.60. The molecule has 3 aliphatic rings. The van der Waals surface area contributed by atoms with E-state index in [9.17, 15) is 18.0 Å². The first-order chi connectivity index (χ1) is 16.8. The van der Waals surface area contributed by atoms with Gasteiger partial charge in [0, 0.05) is 24.8 Å². The topological polar surface area (TPSA) is 91.3 Å². The van der Waals surface area contributed by atoms with E-state index >= 15 is 0 Å². The van der Waals surface area contributed by atoms with Gasteiger partial charge in [0.15, 0.2) is 0 Å². The Kier molecular flexibility index (Phi) is 5.24. The molecule has 10 heteroatoms. The summed E-state index contributed by atoms with van der Waals surface area (Å²) in [5.41, 5.74) is 0.794. The van der Waals surface area contributed by atoms with E-state index < -0.39 is 17.7 Å². The van der Waals surface area contributed by atoms with Crippen molar-refractivity contribution in [1.29, 1.82) is 0 Å². The second-order valence-corrected chi connectivity index (χ2v) is 9.83. The van der Waals surface area contributed by atoms with Crippen molar-refractivity contribution in [1.82, 2.24) is 15.0 Å². The van der Waals surface area contributed by atoms with Crippen molar-refractivity contribution in [2.24, 2.45) is 17.8 Å². The van der Waals surface area contributed by atoms with E-state index in [1.54, 1.807) is 6.20 Å². The molecule has 0 bridgehead atoms. The fourth-order valence-corrected chi connectivity index (χ4v) is 5.80. The van der Waals surface area contributed by atoms with Gasteiger partial charge in [-0.1, -0.05) is 0 Å². The molecule has 3 fully saturated rings. The Hall–Kier alpha value is -3.14. The first-order valence-electron chi connectivity index (χ1n) is 11.9. The minimum atomic E-state index is -4.40. The quantitative estimate of drug-likeness (QED) is 0.542. The second kappa shape index (κ2) is 8.22. The summed E-state index contributed by atoms with van der Waals surface area (Å²) in [6.45, 7) is 1.64. The van der Waals surface area contributed by atoms with Crippen LogP contribution >= 0.6 is 0 Å². The molecule has 2 saturated carbocycles. The van der Waals surface area contributed by atoms with E-state index in [1.807, 2.05) is 12.1 Å². The van der Waals surface area contributed by atoms with Crippen LogP contribution in [-0.2, 0) is 15.7 Å². The molecule has 6 rings (SSSR count). The number of pyridine rings is 1. The summed E-state index contributed by atoms with van der Waals surface area (Å²) in [5.74, 6) is 1.11. The molecule has 0 amide bonds. The summed E-state index contributed by atoms with van der Waals surface area (Å²) in [6.07, 6.45) is 1.17. The van der Waals surface area contributed by atoms with E-state index in [1.165, 1.54) is 6.07 Å². The van der Waals surface area contributed by atoms with Gasteiger partial charge in [-0.05, 0) is 67.9 Å². The largest absolute Gasteiger partial charge is 0.481 e. The number of rotatable bonds is 5. The van der Waals surface area contributed by atoms with E-state index in [2.05, 4.69) is 19.9 Å². The lowest BCUT2D eigenvalue weighted by Gasteiger charge is -2.34. The molecule has 2 atom stereocenters. The molecule has 2 N–H and O–H groups in total. The number of aromatic nitrogens is 3. The van der Waals surface area contributed by atoms with Crippen molar-refractivity contribution in [3.63, 3.8) is 0 Å². The van der Waals surface area contributed by atoms with Gasteiger partial charge < -0.3 is 19.7 Å². The fraction of sp³-hybridized carbons (Fsp3) is 0.480. The monoisotopic (exact) mass is 486 g/mol. The Balaban J connectivity index is 1.05. The number of halogens is 3. The maximum atomic E-state index is 13.0. The third-order valence-corrected chi connectivity index (χ3v) is 7.67. The molecule has 2 aromatic heterocycles. The number of nitrogens with zero attached hydrogens (tertiary/aromatic N) is 3. The SMILES string of the molecule is O=C(O)C1C2CC(OC3CCN(c4ccc(-c5nc6ccc(C(F)(F)F)cc6[nH]5)cn4)CC3)CC21. The van der Waals surface area contributed by atoms with Gasteiger partial charge in [-0.3, -0.25) is 4.79 Å². The van der Waals surface area contributed by atoms with Crippen LogP contribution in [-0.4, -0.2) is 51.3 Å². The fourth-order valence-electron chi connectivity index (χ4n) is 5.80. The number of piperidine rings is 1. The van der Waals surface area contributed by atoms with Crippen LogP contribution in [0.25, 0.3) is 22.4 Å². The summed E-state index contributed by atoms with van der Waals surface area (Å²) in [6, 6.07) is 7.24. The van der Waals surface area contributed by atoms with Crippen molar-refractivity contribution >= 4 is 22.8 Å². The molecule has 3 aromatic rings. The highest BCUT2D eigenvalue weighted by atomic mass is 19.4. The number of H-pyrrole nitrogens is 1. The molecule has 184 valence electrons. The van der Waals surface area contributed by atoms with E-state index in [0.29, 0.717) is 34.3 Å². The Morgan fingerprint density at radius 2 is 1.83 bits per heavy atom. The summed E-state index contributed by atoms with van der Waals surface area (Å²) >= 11 is 0. The number of imidazole rings is 1. The number of benzene rings is 1. The number of alkyl halides is 3. The molecule has 2 aliphatic carbocycles. The number of aromatic amines is 1. The molecule has 0 spiro atoms. The Morgan fingerprint density at radius 1 is 1.09 bits per heavy atom. The lowest BCUT2D eigenvalue weighted by atomic mass is 10.1. The van der Waals surface area contributed by atoms with Crippen LogP contribution in [0.5, 0.6) is 0 Å². The van der Waals surface area contributed by atoms with Crippen LogP contribution in [0.3, 0.4) is 0 Å². The van der Waals surface area contributed by atoms with Gasteiger partial charge in [-0.25, -0.2) is 9.97 Å². The Morgan fingerprint density at radius 3 is 2.46 bits per heavy atom. The van der Waals surface area contributed by atoms with Gasteiger partial charge in [0.2, 0.25) is 0 Å². The minimum absolute atomic E-state index is 0.150. The highest BCUT2D eigenvalue weighted by molar-refractivity contribution is 5.80. The number of anilines is 1. The second-order valence-electron chi connectivity index (χ2n) is 9.83. The highest BCUT2D eigenvalue weighted by Crippen LogP contribution is 2.58. The van der Waals surface area contributed by atoms with Gasteiger partial charge in [-0.15, -0.1) is 0 Å². The number of fused-ring (bicyclic) bond motifs is 2. The van der Waals surface area contributed by atoms with E-state index in [4.69, 9.17) is 9.84 Å². The summed E-state index contributed by atoms with van der Waals surface area (Å²) in [4.78, 5) is 25.3. The molecule has 7 nitrogen and oxygen atoms in total. The number of carboxylic acids is 1. The number of nitrogens with one attached hydrogen (secondary N) is 1. The van der Waals surface area contributed by atoms with Crippen molar-refractivity contribution in [2.75, 3.05) is 18.0 Å². The Labute approximate surface area is 199 Å². The zero-order chi connectivity index (χ0) is 24.3. The average Bonchev–Trinajstić information content (AvgIpc) is 3.15. The predicted molar refractivity (Wildman–Crippen MR) is 122 cm³/mol. The van der Waals surface area contributed by atoms with E-state index in [0.717, 1.165) is 56.7 Å². The van der Waals surface area contributed by atoms with Crippen LogP contribution in [0.15, 0.2) is 36.5 Å². The molecule has 0 radical (unpaired) electrons. The average molecular weight is 486 g/mol. The van der Waals surface area contributed by atoms with Crippen LogP contribution in [0.2, 0.25) is 0 Å². The van der Waals surface area contributed by atoms with Gasteiger partial charge in [0.1, 0.15) is 11.6 Å².